The highest BCUT2D eigenvalue weighted by molar-refractivity contribution is 9.10. The Labute approximate surface area is 127 Å². The van der Waals surface area contributed by atoms with Gasteiger partial charge in [0.1, 0.15) is 0 Å². The second-order valence-electron chi connectivity index (χ2n) is 5.25. The fourth-order valence-electron chi connectivity index (χ4n) is 2.74. The van der Waals surface area contributed by atoms with Crippen LogP contribution in [0.4, 0.5) is 5.69 Å². The third kappa shape index (κ3) is 2.50. The van der Waals surface area contributed by atoms with Crippen LogP contribution in [0, 0.1) is 6.92 Å². The van der Waals surface area contributed by atoms with Gasteiger partial charge < -0.3 is 5.32 Å². The van der Waals surface area contributed by atoms with E-state index in [9.17, 15) is 4.79 Å². The zero-order valence-corrected chi connectivity index (χ0v) is 12.9. The van der Waals surface area contributed by atoms with E-state index in [0.29, 0.717) is 0 Å². The van der Waals surface area contributed by atoms with E-state index in [2.05, 4.69) is 45.5 Å². The summed E-state index contributed by atoms with van der Waals surface area (Å²) in [7, 11) is 0. The first-order chi connectivity index (χ1) is 9.65. The Balaban J connectivity index is 2.12. The number of anilines is 1. The molecule has 1 heterocycles. The van der Waals surface area contributed by atoms with Gasteiger partial charge >= 0.3 is 0 Å². The van der Waals surface area contributed by atoms with Gasteiger partial charge in [-0.1, -0.05) is 58.4 Å². The summed E-state index contributed by atoms with van der Waals surface area (Å²) >= 11 is 3.51. The fraction of sp³-hybridized carbons (Fsp3) is 0.235. The van der Waals surface area contributed by atoms with Crippen LogP contribution in [-0.2, 0) is 4.79 Å². The minimum atomic E-state index is -0.166. The molecule has 2 unspecified atom stereocenters. The summed E-state index contributed by atoms with van der Waals surface area (Å²) in [6.07, 6.45) is 0.770. The second-order valence-corrected chi connectivity index (χ2v) is 6.35. The smallest absolute Gasteiger partial charge is 0.238 e. The van der Waals surface area contributed by atoms with Crippen LogP contribution >= 0.6 is 15.9 Å². The largest absolute Gasteiger partial charge is 0.325 e. The van der Waals surface area contributed by atoms with Gasteiger partial charge in [0.25, 0.3) is 0 Å². The van der Waals surface area contributed by atoms with Crippen molar-refractivity contribution in [2.75, 3.05) is 5.32 Å². The molecule has 1 N–H and O–H groups in total. The number of carbonyl (C=O) groups excluding carboxylic acids is 1. The summed E-state index contributed by atoms with van der Waals surface area (Å²) < 4.78 is 0. The molecule has 0 saturated carbocycles. The number of benzene rings is 2. The molecule has 2 aromatic rings. The molecule has 0 bridgehead atoms. The molecule has 2 nitrogen and oxygen atoms in total. The number of aryl methyl sites for hydroxylation is 1. The number of halogens is 1. The van der Waals surface area contributed by atoms with Gasteiger partial charge in [0.15, 0.2) is 0 Å². The van der Waals surface area contributed by atoms with Crippen molar-refractivity contribution in [1.82, 2.24) is 0 Å². The van der Waals surface area contributed by atoms with Crippen molar-refractivity contribution in [3.05, 3.63) is 65.2 Å². The van der Waals surface area contributed by atoms with Crippen LogP contribution in [0.5, 0.6) is 0 Å². The van der Waals surface area contributed by atoms with Crippen LogP contribution in [0.25, 0.3) is 0 Å². The van der Waals surface area contributed by atoms with Gasteiger partial charge in [0.2, 0.25) is 5.91 Å². The van der Waals surface area contributed by atoms with Gasteiger partial charge in [-0.05, 0) is 36.1 Å². The van der Waals surface area contributed by atoms with Crippen molar-refractivity contribution in [1.29, 1.82) is 0 Å². The number of nitrogens with one attached hydrogen (secondary N) is 1. The number of alkyl halides is 1. The highest BCUT2D eigenvalue weighted by Gasteiger charge is 2.29. The molecule has 0 aliphatic carbocycles. The molecule has 0 spiro atoms. The molecular weight excluding hydrogens is 314 g/mol. The summed E-state index contributed by atoms with van der Waals surface area (Å²) in [6, 6.07) is 16.7. The summed E-state index contributed by atoms with van der Waals surface area (Å²) in [5, 5.41) is 3.03. The predicted molar refractivity (Wildman–Crippen MR) is 85.4 cm³/mol. The molecule has 3 heteroatoms. The summed E-state index contributed by atoms with van der Waals surface area (Å²) in [4.78, 5) is 11.9. The van der Waals surface area contributed by atoms with Crippen LogP contribution in [0.15, 0.2) is 48.5 Å². The topological polar surface area (TPSA) is 29.1 Å². The normalized spacial score (nSPS) is 21.8. The van der Waals surface area contributed by atoms with Crippen LogP contribution in [0.3, 0.4) is 0 Å². The van der Waals surface area contributed by atoms with Crippen LogP contribution in [-0.4, -0.2) is 10.7 Å². The number of rotatable bonds is 1. The Kier molecular flexibility index (Phi) is 3.62. The minimum absolute atomic E-state index is 0.0373. The van der Waals surface area contributed by atoms with E-state index in [1.54, 1.807) is 0 Å². The maximum Gasteiger partial charge on any atom is 0.238 e. The van der Waals surface area contributed by atoms with E-state index in [0.717, 1.165) is 17.7 Å². The SMILES string of the molecule is Cc1ccc2c(c1)NC(=O)C(Br)CC2c1ccccc1. The highest BCUT2D eigenvalue weighted by Crippen LogP contribution is 2.38. The number of hydrogen-bond acceptors (Lipinski definition) is 1. The zero-order chi connectivity index (χ0) is 14.1. The number of hydrogen-bond donors (Lipinski definition) is 1. The maximum absolute atomic E-state index is 12.1. The van der Waals surface area contributed by atoms with E-state index < -0.39 is 0 Å². The Morgan fingerprint density at radius 2 is 1.90 bits per heavy atom. The molecule has 1 amide bonds. The lowest BCUT2D eigenvalue weighted by atomic mass is 9.87. The lowest BCUT2D eigenvalue weighted by molar-refractivity contribution is -0.115. The molecule has 20 heavy (non-hydrogen) atoms. The van der Waals surface area contributed by atoms with Gasteiger partial charge in [-0.3, -0.25) is 4.79 Å². The Bertz CT molecular complexity index is 639. The third-order valence-corrected chi connectivity index (χ3v) is 4.56. The highest BCUT2D eigenvalue weighted by atomic mass is 79.9. The van der Waals surface area contributed by atoms with Crippen LogP contribution < -0.4 is 5.32 Å². The van der Waals surface area contributed by atoms with E-state index >= 15 is 0 Å². The van der Waals surface area contributed by atoms with Crippen molar-refractivity contribution in [2.45, 2.75) is 24.1 Å². The van der Waals surface area contributed by atoms with Crippen molar-refractivity contribution in [3.63, 3.8) is 0 Å². The summed E-state index contributed by atoms with van der Waals surface area (Å²) in [5.41, 5.74) is 4.53. The summed E-state index contributed by atoms with van der Waals surface area (Å²) in [5.74, 6) is 0.269. The average Bonchev–Trinajstić information content (AvgIpc) is 2.57. The average molecular weight is 330 g/mol. The van der Waals surface area contributed by atoms with Crippen molar-refractivity contribution >= 4 is 27.5 Å². The molecule has 0 fully saturated rings. The van der Waals surface area contributed by atoms with Gasteiger partial charge in [0, 0.05) is 11.6 Å². The van der Waals surface area contributed by atoms with Crippen LogP contribution in [0.2, 0.25) is 0 Å². The zero-order valence-electron chi connectivity index (χ0n) is 11.3. The van der Waals surface area contributed by atoms with E-state index in [-0.39, 0.29) is 16.7 Å². The van der Waals surface area contributed by atoms with Gasteiger partial charge in [-0.2, -0.15) is 0 Å². The minimum Gasteiger partial charge on any atom is -0.325 e. The van der Waals surface area contributed by atoms with E-state index in [1.165, 1.54) is 11.1 Å². The fourth-order valence-corrected chi connectivity index (χ4v) is 3.22. The first-order valence-corrected chi connectivity index (χ1v) is 7.67. The Morgan fingerprint density at radius 3 is 2.65 bits per heavy atom. The number of fused-ring (bicyclic) bond motifs is 1. The lowest BCUT2D eigenvalue weighted by Crippen LogP contribution is -2.21. The molecule has 0 saturated heterocycles. The van der Waals surface area contributed by atoms with E-state index in [4.69, 9.17) is 0 Å². The monoisotopic (exact) mass is 329 g/mol. The molecule has 1 aliphatic rings. The molecule has 2 aromatic carbocycles. The molecule has 3 rings (SSSR count). The summed E-state index contributed by atoms with van der Waals surface area (Å²) in [6.45, 7) is 2.04. The lowest BCUT2D eigenvalue weighted by Gasteiger charge is -2.18. The first kappa shape index (κ1) is 13.4. The van der Waals surface area contributed by atoms with Crippen molar-refractivity contribution < 1.29 is 4.79 Å². The Hall–Kier alpha value is -1.61. The molecule has 0 aromatic heterocycles. The number of amides is 1. The molecule has 2 atom stereocenters. The predicted octanol–water partition coefficient (Wildman–Crippen LogP) is 4.23. The quantitative estimate of drug-likeness (QED) is 0.779. The van der Waals surface area contributed by atoms with Gasteiger partial charge in [0.05, 0.1) is 4.83 Å². The first-order valence-electron chi connectivity index (χ1n) is 6.75. The Morgan fingerprint density at radius 1 is 1.15 bits per heavy atom. The van der Waals surface area contributed by atoms with Crippen LogP contribution in [0.1, 0.15) is 29.0 Å². The van der Waals surface area contributed by atoms with Crippen molar-refractivity contribution in [3.8, 4) is 0 Å². The van der Waals surface area contributed by atoms with Gasteiger partial charge in [-0.15, -0.1) is 0 Å². The third-order valence-electron chi connectivity index (χ3n) is 3.77. The van der Waals surface area contributed by atoms with E-state index in [1.807, 2.05) is 31.2 Å². The second kappa shape index (κ2) is 5.41. The maximum atomic E-state index is 12.1. The molecule has 0 radical (unpaired) electrons. The molecular formula is C17H16BrNO. The molecule has 102 valence electrons. The van der Waals surface area contributed by atoms with Gasteiger partial charge in [-0.25, -0.2) is 0 Å². The molecule has 1 aliphatic heterocycles. The van der Waals surface area contributed by atoms with Crippen molar-refractivity contribution in [2.24, 2.45) is 0 Å². The number of carbonyl (C=O) groups is 1. The standard InChI is InChI=1S/C17H16BrNO/c1-11-7-8-13-14(12-5-3-2-4-6-12)10-15(18)17(20)19-16(13)9-11/h2-9,14-15H,10H2,1H3,(H,19,20).